The topological polar surface area (TPSA) is 94.3 Å². The second-order valence-corrected chi connectivity index (χ2v) is 8.59. The van der Waals surface area contributed by atoms with Crippen molar-refractivity contribution in [3.63, 3.8) is 0 Å². The van der Waals surface area contributed by atoms with Crippen molar-refractivity contribution in [2.24, 2.45) is 5.92 Å². The van der Waals surface area contributed by atoms with E-state index in [4.69, 9.17) is 37.4 Å². The van der Waals surface area contributed by atoms with Crippen LogP contribution in [0.4, 0.5) is 0 Å². The van der Waals surface area contributed by atoms with Crippen molar-refractivity contribution in [2.45, 2.75) is 38.4 Å². The molecule has 0 N–H and O–H groups in total. The second kappa shape index (κ2) is 10.3. The molecule has 0 radical (unpaired) electrons. The lowest BCUT2D eigenvalue weighted by atomic mass is 9.94. The molecule has 3 atom stereocenters. The van der Waals surface area contributed by atoms with E-state index in [-0.39, 0.29) is 23.5 Å². The Hall–Kier alpha value is -2.92. The van der Waals surface area contributed by atoms with Gasteiger partial charge in [0.2, 0.25) is 5.88 Å². The Labute approximate surface area is 201 Å². The number of carbonyl (C=O) groups is 1. The maximum absolute atomic E-state index is 12.8. The van der Waals surface area contributed by atoms with E-state index in [0.29, 0.717) is 39.9 Å². The number of rotatable bonds is 8. The van der Waals surface area contributed by atoms with Gasteiger partial charge in [0.1, 0.15) is 17.4 Å². The molecular weight excluding hydrogens is 465 g/mol. The maximum Gasteiger partial charge on any atom is 0.238 e. The van der Waals surface area contributed by atoms with Gasteiger partial charge in [0.25, 0.3) is 0 Å². The largest absolute Gasteiger partial charge is 0.481 e. The molecule has 3 unspecified atom stereocenters. The number of benzene rings is 2. The molecule has 9 heteroatoms. The first-order valence-corrected chi connectivity index (χ1v) is 11.3. The fourth-order valence-electron chi connectivity index (χ4n) is 3.63. The Morgan fingerprint density at radius 1 is 1.27 bits per heavy atom. The first-order chi connectivity index (χ1) is 15.9. The van der Waals surface area contributed by atoms with Crippen LogP contribution in [0.15, 0.2) is 42.6 Å². The summed E-state index contributed by atoms with van der Waals surface area (Å²) in [5.41, 5.74) is 1.28. The standard InChI is InChI=1S/C24H21Cl2N3O4/c1-14(24(30)15(12-27)9-17-3-2-8-31-17)32-22-11-18(5-6-19(22)26)33-23-13-28-21-10-16(25)4-7-20(21)29-23/h4-7,10-11,13-15,17H,2-3,8-9H2,1H3. The summed E-state index contributed by atoms with van der Waals surface area (Å²) in [5.74, 6) is -0.155. The summed E-state index contributed by atoms with van der Waals surface area (Å²) in [6.07, 6.45) is 2.73. The van der Waals surface area contributed by atoms with Crippen LogP contribution in [0.25, 0.3) is 11.0 Å². The molecule has 1 saturated heterocycles. The van der Waals surface area contributed by atoms with Gasteiger partial charge in [-0.3, -0.25) is 4.79 Å². The molecule has 0 saturated carbocycles. The number of ether oxygens (including phenoxy) is 3. The Balaban J connectivity index is 1.46. The van der Waals surface area contributed by atoms with E-state index in [1.165, 1.54) is 6.20 Å². The first kappa shape index (κ1) is 23.2. The number of nitriles is 1. The van der Waals surface area contributed by atoms with E-state index in [1.54, 1.807) is 43.3 Å². The van der Waals surface area contributed by atoms with E-state index in [0.717, 1.165) is 12.8 Å². The molecule has 0 amide bonds. The maximum atomic E-state index is 12.8. The minimum Gasteiger partial charge on any atom is -0.481 e. The van der Waals surface area contributed by atoms with Crippen LogP contribution in [0.2, 0.25) is 10.0 Å². The lowest BCUT2D eigenvalue weighted by Gasteiger charge is -2.19. The highest BCUT2D eigenvalue weighted by Gasteiger charge is 2.30. The van der Waals surface area contributed by atoms with Gasteiger partial charge in [-0.25, -0.2) is 9.97 Å². The van der Waals surface area contributed by atoms with Gasteiger partial charge in [-0.1, -0.05) is 23.2 Å². The third-order valence-electron chi connectivity index (χ3n) is 5.33. The summed E-state index contributed by atoms with van der Waals surface area (Å²) in [5, 5.41) is 10.4. The molecular formula is C24H21Cl2N3O4. The van der Waals surface area contributed by atoms with E-state index >= 15 is 0 Å². The fraction of sp³-hybridized carbons (Fsp3) is 0.333. The van der Waals surface area contributed by atoms with E-state index in [9.17, 15) is 10.1 Å². The molecule has 2 heterocycles. The lowest BCUT2D eigenvalue weighted by molar-refractivity contribution is -0.128. The minimum absolute atomic E-state index is 0.0646. The molecule has 170 valence electrons. The molecule has 33 heavy (non-hydrogen) atoms. The van der Waals surface area contributed by atoms with Crippen LogP contribution in [0.1, 0.15) is 26.2 Å². The molecule has 1 aliphatic heterocycles. The lowest BCUT2D eigenvalue weighted by Crippen LogP contribution is -2.32. The molecule has 4 rings (SSSR count). The number of carbonyl (C=O) groups excluding carboxylic acids is 1. The molecule has 1 aliphatic rings. The van der Waals surface area contributed by atoms with E-state index < -0.39 is 12.0 Å². The van der Waals surface area contributed by atoms with Gasteiger partial charge in [-0.2, -0.15) is 5.26 Å². The number of Topliss-reactive ketones (excluding diaryl/α,β-unsaturated/α-hetero) is 1. The Bertz CT molecular complexity index is 1210. The number of halogens is 2. The minimum atomic E-state index is -0.867. The average molecular weight is 486 g/mol. The zero-order valence-electron chi connectivity index (χ0n) is 17.8. The van der Waals surface area contributed by atoms with Crippen LogP contribution in [-0.4, -0.2) is 34.6 Å². The SMILES string of the molecule is CC(Oc1cc(Oc2cnc3cc(Cl)ccc3n2)ccc1Cl)C(=O)C(C#N)CC1CCCO1. The quantitative estimate of drug-likeness (QED) is 0.399. The Morgan fingerprint density at radius 2 is 2.12 bits per heavy atom. The van der Waals surface area contributed by atoms with Gasteiger partial charge >= 0.3 is 0 Å². The van der Waals surface area contributed by atoms with Crippen molar-refractivity contribution in [2.75, 3.05) is 6.61 Å². The zero-order chi connectivity index (χ0) is 23.4. The zero-order valence-corrected chi connectivity index (χ0v) is 19.3. The highest BCUT2D eigenvalue weighted by molar-refractivity contribution is 6.32. The number of hydrogen-bond acceptors (Lipinski definition) is 7. The van der Waals surface area contributed by atoms with Crippen LogP contribution >= 0.6 is 23.2 Å². The number of ketones is 1. The van der Waals surface area contributed by atoms with Gasteiger partial charge in [-0.05, 0) is 56.5 Å². The highest BCUT2D eigenvalue weighted by Crippen LogP contribution is 2.33. The third kappa shape index (κ3) is 5.72. The van der Waals surface area contributed by atoms with Crippen LogP contribution in [0, 0.1) is 17.2 Å². The smallest absolute Gasteiger partial charge is 0.238 e. The van der Waals surface area contributed by atoms with Gasteiger partial charge in [0, 0.05) is 17.7 Å². The molecule has 0 aliphatic carbocycles. The van der Waals surface area contributed by atoms with Gasteiger partial charge in [0.05, 0.1) is 34.4 Å². The summed E-state index contributed by atoms with van der Waals surface area (Å²) in [6.45, 7) is 2.27. The fourth-order valence-corrected chi connectivity index (χ4v) is 3.96. The second-order valence-electron chi connectivity index (χ2n) is 7.75. The predicted molar refractivity (Wildman–Crippen MR) is 124 cm³/mol. The van der Waals surface area contributed by atoms with Crippen molar-refractivity contribution < 1.29 is 19.0 Å². The summed E-state index contributed by atoms with van der Waals surface area (Å²) in [7, 11) is 0. The first-order valence-electron chi connectivity index (χ1n) is 10.5. The summed E-state index contributed by atoms with van der Waals surface area (Å²) in [6, 6.07) is 12.1. The van der Waals surface area contributed by atoms with Crippen molar-refractivity contribution in [3.8, 4) is 23.4 Å². The van der Waals surface area contributed by atoms with Gasteiger partial charge in [-0.15, -0.1) is 0 Å². The summed E-state index contributed by atoms with van der Waals surface area (Å²) < 4.78 is 17.2. The van der Waals surface area contributed by atoms with Gasteiger partial charge < -0.3 is 14.2 Å². The van der Waals surface area contributed by atoms with Crippen molar-refractivity contribution in [1.82, 2.24) is 9.97 Å². The number of fused-ring (bicyclic) bond motifs is 1. The van der Waals surface area contributed by atoms with Crippen LogP contribution in [0.5, 0.6) is 17.4 Å². The normalized spacial score (nSPS) is 17.3. The molecule has 3 aromatic rings. The van der Waals surface area contributed by atoms with Crippen molar-refractivity contribution in [1.29, 1.82) is 5.26 Å². The molecule has 7 nitrogen and oxygen atoms in total. The van der Waals surface area contributed by atoms with E-state index in [1.807, 2.05) is 0 Å². The summed E-state index contributed by atoms with van der Waals surface area (Å²) in [4.78, 5) is 21.5. The van der Waals surface area contributed by atoms with Crippen molar-refractivity contribution >= 4 is 40.0 Å². The van der Waals surface area contributed by atoms with Gasteiger partial charge in [0.15, 0.2) is 11.9 Å². The van der Waals surface area contributed by atoms with Crippen LogP contribution < -0.4 is 9.47 Å². The summed E-state index contributed by atoms with van der Waals surface area (Å²) >= 11 is 12.3. The van der Waals surface area contributed by atoms with Crippen LogP contribution in [0.3, 0.4) is 0 Å². The number of aromatic nitrogens is 2. The third-order valence-corrected chi connectivity index (χ3v) is 5.88. The molecule has 0 bridgehead atoms. The highest BCUT2D eigenvalue weighted by atomic mass is 35.5. The Morgan fingerprint density at radius 3 is 2.88 bits per heavy atom. The number of nitrogens with zero attached hydrogens (tertiary/aromatic N) is 3. The number of hydrogen-bond donors (Lipinski definition) is 0. The molecule has 1 fully saturated rings. The predicted octanol–water partition coefficient (Wildman–Crippen LogP) is 5.77. The van der Waals surface area contributed by atoms with Crippen LogP contribution in [-0.2, 0) is 9.53 Å². The molecule has 0 spiro atoms. The molecule has 1 aromatic heterocycles. The van der Waals surface area contributed by atoms with E-state index in [2.05, 4.69) is 16.0 Å². The van der Waals surface area contributed by atoms with Crippen molar-refractivity contribution in [3.05, 3.63) is 52.6 Å². The monoisotopic (exact) mass is 485 g/mol. The average Bonchev–Trinajstić information content (AvgIpc) is 3.32. The Kier molecular flexibility index (Phi) is 7.29. The molecule has 2 aromatic carbocycles.